The predicted octanol–water partition coefficient (Wildman–Crippen LogP) is 3.08. The highest BCUT2D eigenvalue weighted by Crippen LogP contribution is 2.15. The lowest BCUT2D eigenvalue weighted by Gasteiger charge is -2.07. The molecule has 0 aromatic carbocycles. The zero-order valence-corrected chi connectivity index (χ0v) is 14.7. The van der Waals surface area contributed by atoms with Crippen LogP contribution in [0.3, 0.4) is 0 Å². The van der Waals surface area contributed by atoms with E-state index in [4.69, 9.17) is 9.47 Å². The molecule has 0 spiro atoms. The number of hydrogen-bond donors (Lipinski definition) is 0. The number of ether oxygens (including phenoxy) is 2. The fourth-order valence-electron chi connectivity index (χ4n) is 2.31. The number of rotatable bonds is 7. The first-order valence-corrected chi connectivity index (χ1v) is 8.09. The Morgan fingerprint density at radius 2 is 1.42 bits per heavy atom. The van der Waals surface area contributed by atoms with Gasteiger partial charge in [0.2, 0.25) is 11.6 Å². The summed E-state index contributed by atoms with van der Waals surface area (Å²) in [6.07, 6.45) is 17.2. The Balaban J connectivity index is 1.87. The van der Waals surface area contributed by atoms with E-state index in [-0.39, 0.29) is 29.5 Å². The molecule has 0 aromatic heterocycles. The average molecular weight is 352 g/mol. The lowest BCUT2D eigenvalue weighted by atomic mass is 10.0. The van der Waals surface area contributed by atoms with Gasteiger partial charge in [-0.05, 0) is 47.9 Å². The molecule has 0 fully saturated rings. The van der Waals surface area contributed by atoms with Gasteiger partial charge in [-0.2, -0.15) is 0 Å². The third kappa shape index (κ3) is 5.41. The maximum atomic E-state index is 11.9. The average Bonchev–Trinajstić information content (AvgIpc) is 2.65. The quantitative estimate of drug-likeness (QED) is 0.659. The van der Waals surface area contributed by atoms with Gasteiger partial charge in [0.05, 0.1) is 14.2 Å². The summed E-state index contributed by atoms with van der Waals surface area (Å²) in [7, 11) is 2.89. The monoisotopic (exact) mass is 352 g/mol. The van der Waals surface area contributed by atoms with Crippen molar-refractivity contribution >= 4 is 17.3 Å². The third-order valence-corrected chi connectivity index (χ3v) is 3.71. The highest BCUT2D eigenvalue weighted by Gasteiger charge is 2.11. The summed E-state index contributed by atoms with van der Waals surface area (Å²) in [5.41, 5.74) is 1.62. The maximum Gasteiger partial charge on any atom is 0.220 e. The van der Waals surface area contributed by atoms with Crippen LogP contribution in [-0.2, 0) is 23.9 Å². The molecule has 26 heavy (non-hydrogen) atoms. The van der Waals surface area contributed by atoms with E-state index in [1.807, 2.05) is 6.08 Å². The van der Waals surface area contributed by atoms with Gasteiger partial charge in [-0.3, -0.25) is 14.4 Å². The molecule has 0 atom stereocenters. The smallest absolute Gasteiger partial charge is 0.220 e. The van der Waals surface area contributed by atoms with Gasteiger partial charge in [0.15, 0.2) is 17.3 Å². The summed E-state index contributed by atoms with van der Waals surface area (Å²) in [6.45, 7) is 0. The molecule has 0 aromatic rings. The molecule has 0 saturated heterocycles. The Bertz CT molecular complexity index is 813. The van der Waals surface area contributed by atoms with E-state index < -0.39 is 0 Å². The molecule has 2 rings (SSSR count). The zero-order valence-electron chi connectivity index (χ0n) is 14.7. The summed E-state index contributed by atoms with van der Waals surface area (Å²) < 4.78 is 9.96. The summed E-state index contributed by atoms with van der Waals surface area (Å²) in [5, 5.41) is 0. The summed E-state index contributed by atoms with van der Waals surface area (Å²) >= 11 is 0. The van der Waals surface area contributed by atoms with Crippen LogP contribution in [0.5, 0.6) is 0 Å². The number of ketones is 3. The van der Waals surface area contributed by atoms with Crippen LogP contribution in [0.15, 0.2) is 83.4 Å². The van der Waals surface area contributed by atoms with Gasteiger partial charge in [0, 0.05) is 6.42 Å². The Morgan fingerprint density at radius 1 is 0.885 bits per heavy atom. The SMILES string of the molecule is COC1=CC(=CCC=CC(=O)CC=C2C=CC(=O)C(OC)=C2)C=CC1=O. The van der Waals surface area contributed by atoms with Crippen molar-refractivity contribution in [3.63, 3.8) is 0 Å². The van der Waals surface area contributed by atoms with Crippen LogP contribution < -0.4 is 0 Å². The lowest BCUT2D eigenvalue weighted by Crippen LogP contribution is -2.05. The highest BCUT2D eigenvalue weighted by molar-refractivity contribution is 6.05. The van der Waals surface area contributed by atoms with Crippen molar-refractivity contribution in [2.75, 3.05) is 14.2 Å². The van der Waals surface area contributed by atoms with Crippen molar-refractivity contribution < 1.29 is 23.9 Å². The zero-order chi connectivity index (χ0) is 18.9. The van der Waals surface area contributed by atoms with E-state index in [1.165, 1.54) is 32.4 Å². The molecule has 0 heterocycles. The minimum absolute atomic E-state index is 0.0453. The van der Waals surface area contributed by atoms with Crippen molar-refractivity contribution in [3.05, 3.63) is 83.4 Å². The molecule has 2 aliphatic rings. The molecule has 0 N–H and O–H groups in total. The van der Waals surface area contributed by atoms with E-state index in [9.17, 15) is 14.4 Å². The van der Waals surface area contributed by atoms with Crippen molar-refractivity contribution in [2.24, 2.45) is 0 Å². The molecule has 5 nitrogen and oxygen atoms in total. The number of methoxy groups -OCH3 is 2. The minimum Gasteiger partial charge on any atom is -0.493 e. The molecule has 0 unspecified atom stereocenters. The summed E-state index contributed by atoms with van der Waals surface area (Å²) in [4.78, 5) is 34.8. The van der Waals surface area contributed by atoms with Crippen LogP contribution in [0.1, 0.15) is 12.8 Å². The molecule has 0 amide bonds. The second-order valence-electron chi connectivity index (χ2n) is 5.54. The van der Waals surface area contributed by atoms with Gasteiger partial charge in [0.1, 0.15) is 0 Å². The maximum absolute atomic E-state index is 11.9. The second kappa shape index (κ2) is 9.32. The number of carbonyl (C=O) groups excluding carboxylic acids is 3. The molecule has 0 saturated carbocycles. The van der Waals surface area contributed by atoms with Gasteiger partial charge in [-0.15, -0.1) is 0 Å². The third-order valence-electron chi connectivity index (χ3n) is 3.71. The van der Waals surface area contributed by atoms with Crippen LogP contribution in [0, 0.1) is 0 Å². The molecule has 5 heteroatoms. The van der Waals surface area contributed by atoms with Crippen molar-refractivity contribution in [1.29, 1.82) is 0 Å². The van der Waals surface area contributed by atoms with Gasteiger partial charge >= 0.3 is 0 Å². The van der Waals surface area contributed by atoms with Gasteiger partial charge in [-0.25, -0.2) is 0 Å². The largest absolute Gasteiger partial charge is 0.493 e. The van der Waals surface area contributed by atoms with E-state index in [2.05, 4.69) is 0 Å². The fourth-order valence-corrected chi connectivity index (χ4v) is 2.31. The van der Waals surface area contributed by atoms with Crippen molar-refractivity contribution in [3.8, 4) is 0 Å². The Kier molecular flexibility index (Phi) is 6.85. The van der Waals surface area contributed by atoms with Crippen LogP contribution >= 0.6 is 0 Å². The normalized spacial score (nSPS) is 19.9. The van der Waals surface area contributed by atoms with E-state index in [0.29, 0.717) is 12.2 Å². The van der Waals surface area contributed by atoms with E-state index in [0.717, 1.165) is 11.1 Å². The second-order valence-corrected chi connectivity index (χ2v) is 5.54. The number of hydrogen-bond acceptors (Lipinski definition) is 5. The minimum atomic E-state index is -0.187. The Hall–Kier alpha value is -3.21. The molecule has 2 aliphatic carbocycles. The predicted molar refractivity (Wildman–Crippen MR) is 98.0 cm³/mol. The van der Waals surface area contributed by atoms with Crippen LogP contribution in [0.2, 0.25) is 0 Å². The first kappa shape index (κ1) is 19.1. The molecule has 0 aliphatic heterocycles. The summed E-state index contributed by atoms with van der Waals surface area (Å²) in [6, 6.07) is 0. The fraction of sp³-hybridized carbons (Fsp3) is 0.190. The lowest BCUT2D eigenvalue weighted by molar-refractivity contribution is -0.114. The topological polar surface area (TPSA) is 69.7 Å². The van der Waals surface area contributed by atoms with E-state index in [1.54, 1.807) is 36.5 Å². The van der Waals surface area contributed by atoms with Crippen LogP contribution in [0.25, 0.3) is 0 Å². The van der Waals surface area contributed by atoms with Gasteiger partial charge < -0.3 is 9.47 Å². The molecule has 134 valence electrons. The molecule has 0 bridgehead atoms. The Labute approximate surface area is 152 Å². The van der Waals surface area contributed by atoms with Gasteiger partial charge in [-0.1, -0.05) is 30.4 Å². The molecule has 0 radical (unpaired) electrons. The number of carbonyl (C=O) groups is 3. The van der Waals surface area contributed by atoms with Crippen LogP contribution in [0.4, 0.5) is 0 Å². The van der Waals surface area contributed by atoms with Crippen LogP contribution in [-0.4, -0.2) is 31.6 Å². The van der Waals surface area contributed by atoms with Crippen molar-refractivity contribution in [2.45, 2.75) is 12.8 Å². The van der Waals surface area contributed by atoms with E-state index >= 15 is 0 Å². The first-order valence-electron chi connectivity index (χ1n) is 8.09. The van der Waals surface area contributed by atoms with Gasteiger partial charge in [0.25, 0.3) is 0 Å². The number of allylic oxidation sites excluding steroid dienone is 12. The summed E-state index contributed by atoms with van der Waals surface area (Å²) in [5.74, 6) is 0.167. The standard InChI is InChI=1S/C21H20O5/c1-25-20-13-15(8-11-18(20)23)5-3-4-6-17(22)10-7-16-9-12-19(24)21(14-16)26-2/h4-9,11-14H,3,10H2,1-2H3. The highest BCUT2D eigenvalue weighted by atomic mass is 16.5. The Morgan fingerprint density at radius 3 is 1.96 bits per heavy atom. The van der Waals surface area contributed by atoms with Crippen molar-refractivity contribution in [1.82, 2.24) is 0 Å². The first-order chi connectivity index (χ1) is 12.5. The molecular formula is C21H20O5. The molecular weight excluding hydrogens is 332 g/mol.